The van der Waals surface area contributed by atoms with Gasteiger partial charge in [-0.05, 0) is 93.8 Å². The maximum atomic E-state index is 3.52. The summed E-state index contributed by atoms with van der Waals surface area (Å²) < 4.78 is 0. The Morgan fingerprint density at radius 1 is 0.900 bits per heavy atom. The summed E-state index contributed by atoms with van der Waals surface area (Å²) in [6.45, 7) is 15.9. The molecule has 0 aliphatic carbocycles. The molecule has 0 heterocycles. The van der Waals surface area contributed by atoms with Gasteiger partial charge in [0.2, 0.25) is 0 Å². The van der Waals surface area contributed by atoms with Crippen molar-refractivity contribution in [3.8, 4) is 0 Å². The van der Waals surface area contributed by atoms with Gasteiger partial charge in [0.1, 0.15) is 0 Å². The molecular formula is C19H33N. The van der Waals surface area contributed by atoms with Gasteiger partial charge in [-0.3, -0.25) is 0 Å². The van der Waals surface area contributed by atoms with Crippen molar-refractivity contribution in [2.24, 2.45) is 5.92 Å². The maximum Gasteiger partial charge on any atom is -0.00258 e. The summed E-state index contributed by atoms with van der Waals surface area (Å²) in [6.07, 6.45) is 5.19. The lowest BCUT2D eigenvalue weighted by Gasteiger charge is -2.15. The van der Waals surface area contributed by atoms with E-state index >= 15 is 0 Å². The first-order valence-electron chi connectivity index (χ1n) is 8.20. The van der Waals surface area contributed by atoms with E-state index in [0.29, 0.717) is 0 Å². The van der Waals surface area contributed by atoms with Gasteiger partial charge in [0, 0.05) is 0 Å². The van der Waals surface area contributed by atoms with Crippen LogP contribution in [-0.4, -0.2) is 13.1 Å². The Balaban J connectivity index is 2.36. The Hall–Kier alpha value is -0.820. The first-order valence-corrected chi connectivity index (χ1v) is 8.20. The van der Waals surface area contributed by atoms with Crippen molar-refractivity contribution >= 4 is 0 Å². The quantitative estimate of drug-likeness (QED) is 0.667. The first kappa shape index (κ1) is 17.2. The molecule has 0 saturated carbocycles. The third-order valence-electron chi connectivity index (χ3n) is 4.35. The predicted molar refractivity (Wildman–Crippen MR) is 90.7 cm³/mol. The normalized spacial score (nSPS) is 11.3. The highest BCUT2D eigenvalue weighted by molar-refractivity contribution is 5.43. The summed E-state index contributed by atoms with van der Waals surface area (Å²) in [4.78, 5) is 0. The van der Waals surface area contributed by atoms with Crippen LogP contribution in [0.4, 0.5) is 0 Å². The molecule has 1 aromatic rings. The van der Waals surface area contributed by atoms with Crippen molar-refractivity contribution in [1.29, 1.82) is 0 Å². The molecule has 0 atom stereocenters. The van der Waals surface area contributed by atoms with E-state index in [1.807, 2.05) is 0 Å². The van der Waals surface area contributed by atoms with Crippen molar-refractivity contribution in [2.75, 3.05) is 13.1 Å². The summed E-state index contributed by atoms with van der Waals surface area (Å²) in [7, 11) is 0. The Morgan fingerprint density at radius 2 is 1.50 bits per heavy atom. The minimum absolute atomic E-state index is 0.760. The molecule has 0 aliphatic heterocycles. The molecule has 1 rings (SSSR count). The molecule has 1 aromatic carbocycles. The highest BCUT2D eigenvalue weighted by Gasteiger charge is 2.07. The third-order valence-corrected chi connectivity index (χ3v) is 4.35. The van der Waals surface area contributed by atoms with Crippen LogP contribution in [0.15, 0.2) is 6.07 Å². The smallest absolute Gasteiger partial charge is 0.00258 e. The minimum Gasteiger partial charge on any atom is -0.316 e. The van der Waals surface area contributed by atoms with Crippen LogP contribution in [0.3, 0.4) is 0 Å². The fourth-order valence-electron chi connectivity index (χ4n) is 2.79. The van der Waals surface area contributed by atoms with E-state index in [1.54, 1.807) is 5.56 Å². The molecule has 1 N–H and O–H groups in total. The van der Waals surface area contributed by atoms with Crippen LogP contribution < -0.4 is 5.32 Å². The zero-order valence-corrected chi connectivity index (χ0v) is 14.4. The molecular weight excluding hydrogens is 242 g/mol. The third kappa shape index (κ3) is 5.28. The zero-order valence-electron chi connectivity index (χ0n) is 14.4. The summed E-state index contributed by atoms with van der Waals surface area (Å²) in [5.74, 6) is 0.760. The molecule has 0 radical (unpaired) electrons. The van der Waals surface area contributed by atoms with Crippen LogP contribution in [0, 0.1) is 33.6 Å². The van der Waals surface area contributed by atoms with Gasteiger partial charge >= 0.3 is 0 Å². The van der Waals surface area contributed by atoms with Crippen LogP contribution in [-0.2, 0) is 6.42 Å². The lowest BCUT2D eigenvalue weighted by atomic mass is 9.91. The van der Waals surface area contributed by atoms with E-state index < -0.39 is 0 Å². The SMILES string of the molecule is Cc1cc(C)c(C)c(CCCCCNCC(C)C)c1C. The van der Waals surface area contributed by atoms with Gasteiger partial charge in [0.25, 0.3) is 0 Å². The standard InChI is InChI=1S/C19H33N/c1-14(2)13-20-11-9-7-8-10-19-17(5)15(3)12-16(4)18(19)6/h12,14,20H,7-11,13H2,1-6H3. The minimum atomic E-state index is 0.760. The Morgan fingerprint density at radius 3 is 2.05 bits per heavy atom. The van der Waals surface area contributed by atoms with Crippen molar-refractivity contribution in [2.45, 2.75) is 67.2 Å². The van der Waals surface area contributed by atoms with Gasteiger partial charge in [0.15, 0.2) is 0 Å². The summed E-state index contributed by atoms with van der Waals surface area (Å²) in [6, 6.07) is 2.32. The molecule has 0 spiro atoms. The fraction of sp³-hybridized carbons (Fsp3) is 0.684. The molecule has 0 amide bonds. The van der Waals surface area contributed by atoms with Gasteiger partial charge < -0.3 is 5.32 Å². The second kappa shape index (κ2) is 8.46. The van der Waals surface area contributed by atoms with Crippen molar-refractivity contribution in [1.82, 2.24) is 5.32 Å². The summed E-state index contributed by atoms with van der Waals surface area (Å²) in [5, 5.41) is 3.52. The highest BCUT2D eigenvalue weighted by atomic mass is 14.8. The average Bonchev–Trinajstić information content (AvgIpc) is 2.38. The summed E-state index contributed by atoms with van der Waals surface area (Å²) >= 11 is 0. The Bertz CT molecular complexity index is 392. The first-order chi connectivity index (χ1) is 9.43. The predicted octanol–water partition coefficient (Wildman–Crippen LogP) is 4.88. The monoisotopic (exact) mass is 275 g/mol. The van der Waals surface area contributed by atoms with Gasteiger partial charge in [-0.15, -0.1) is 0 Å². The lowest BCUT2D eigenvalue weighted by molar-refractivity contribution is 0.530. The summed E-state index contributed by atoms with van der Waals surface area (Å²) in [5.41, 5.74) is 7.50. The molecule has 1 nitrogen and oxygen atoms in total. The molecule has 0 saturated heterocycles. The van der Waals surface area contributed by atoms with Crippen LogP contribution in [0.2, 0.25) is 0 Å². The van der Waals surface area contributed by atoms with Crippen molar-refractivity contribution in [3.63, 3.8) is 0 Å². The number of rotatable bonds is 8. The Labute approximate surface area is 126 Å². The molecule has 0 bridgehead atoms. The van der Waals surface area contributed by atoms with E-state index in [2.05, 4.69) is 52.9 Å². The molecule has 0 aliphatic rings. The number of benzene rings is 1. The van der Waals surface area contributed by atoms with Gasteiger partial charge in [-0.1, -0.05) is 26.3 Å². The second-order valence-corrected chi connectivity index (χ2v) is 6.65. The van der Waals surface area contributed by atoms with Gasteiger partial charge in [0.05, 0.1) is 0 Å². The largest absolute Gasteiger partial charge is 0.316 e. The number of nitrogens with one attached hydrogen (secondary N) is 1. The number of aryl methyl sites for hydroxylation is 2. The van der Waals surface area contributed by atoms with Crippen LogP contribution in [0.5, 0.6) is 0 Å². The van der Waals surface area contributed by atoms with Gasteiger partial charge in [-0.25, -0.2) is 0 Å². The lowest BCUT2D eigenvalue weighted by Crippen LogP contribution is -2.20. The maximum absolute atomic E-state index is 3.52. The van der Waals surface area contributed by atoms with Crippen LogP contribution in [0.25, 0.3) is 0 Å². The Kier molecular flexibility index (Phi) is 7.29. The molecule has 114 valence electrons. The molecule has 0 unspecified atom stereocenters. The fourth-order valence-corrected chi connectivity index (χ4v) is 2.79. The topological polar surface area (TPSA) is 12.0 Å². The molecule has 20 heavy (non-hydrogen) atoms. The van der Waals surface area contributed by atoms with Crippen LogP contribution >= 0.6 is 0 Å². The molecule has 1 heteroatoms. The zero-order chi connectivity index (χ0) is 15.1. The van der Waals surface area contributed by atoms with E-state index in [9.17, 15) is 0 Å². The van der Waals surface area contributed by atoms with Gasteiger partial charge in [-0.2, -0.15) is 0 Å². The molecule has 0 aromatic heterocycles. The second-order valence-electron chi connectivity index (χ2n) is 6.65. The van der Waals surface area contributed by atoms with E-state index in [0.717, 1.165) is 12.5 Å². The van der Waals surface area contributed by atoms with E-state index in [4.69, 9.17) is 0 Å². The van der Waals surface area contributed by atoms with Crippen molar-refractivity contribution in [3.05, 3.63) is 33.9 Å². The number of hydrogen-bond donors (Lipinski definition) is 1. The average molecular weight is 275 g/mol. The van der Waals surface area contributed by atoms with E-state index in [-0.39, 0.29) is 0 Å². The van der Waals surface area contributed by atoms with Crippen LogP contribution in [0.1, 0.15) is 60.9 Å². The number of unbranched alkanes of at least 4 members (excludes halogenated alkanes) is 2. The number of hydrogen-bond acceptors (Lipinski definition) is 1. The molecule has 0 fully saturated rings. The van der Waals surface area contributed by atoms with E-state index in [1.165, 1.54) is 54.5 Å². The van der Waals surface area contributed by atoms with Crippen molar-refractivity contribution < 1.29 is 0 Å². The highest BCUT2D eigenvalue weighted by Crippen LogP contribution is 2.23.